The lowest BCUT2D eigenvalue weighted by Crippen LogP contribution is -2.23. The fraction of sp³-hybridized carbons (Fsp3) is 0.333. The molecule has 110 valence electrons. The number of aryl methyl sites for hydroxylation is 2. The van der Waals surface area contributed by atoms with Crippen molar-refractivity contribution in [2.45, 2.75) is 20.1 Å². The fourth-order valence-electron chi connectivity index (χ4n) is 1.98. The van der Waals surface area contributed by atoms with Gasteiger partial charge in [0.15, 0.2) is 0 Å². The highest BCUT2D eigenvalue weighted by Gasteiger charge is 2.15. The van der Waals surface area contributed by atoms with Crippen LogP contribution in [0.3, 0.4) is 0 Å². The minimum Gasteiger partial charge on any atom is -0.464 e. The molecule has 3 rings (SSSR count). The first-order valence-corrected chi connectivity index (χ1v) is 7.20. The first kappa shape index (κ1) is 12.3. The number of hydrogen-bond donors (Lipinski definition) is 0. The van der Waals surface area contributed by atoms with Crippen LogP contribution < -0.4 is 10.4 Å². The van der Waals surface area contributed by atoms with E-state index in [9.17, 15) is 4.79 Å². The molecule has 0 radical (unpaired) electrons. The lowest BCUT2D eigenvalue weighted by molar-refractivity contribution is 0.293. The van der Waals surface area contributed by atoms with E-state index in [0.29, 0.717) is 10.9 Å². The Bertz CT molecular complexity index is 848. The van der Waals surface area contributed by atoms with Gasteiger partial charge in [-0.05, 0) is 23.4 Å². The molecule has 0 saturated heterocycles. The van der Waals surface area contributed by atoms with Crippen molar-refractivity contribution in [3.63, 3.8) is 0 Å². The summed E-state index contributed by atoms with van der Waals surface area (Å²) in [5.41, 5.74) is 1.10. The van der Waals surface area contributed by atoms with Gasteiger partial charge in [-0.3, -0.25) is 0 Å². The molecule has 0 fully saturated rings. The standard InChI is InChI=1S/C12H14N6O2S/c1-3-17-6-4-9(18-12(19)16(2)14-15-18)10(17)8-20-11-13-5-7-21-11/h4-7H,3,8H2,1-2H3/i5T. The van der Waals surface area contributed by atoms with Gasteiger partial charge in [-0.15, -0.1) is 0 Å². The zero-order chi connectivity index (χ0) is 15.7. The number of rotatable bonds is 5. The predicted molar refractivity (Wildman–Crippen MR) is 76.7 cm³/mol. The molecule has 0 aliphatic heterocycles. The van der Waals surface area contributed by atoms with Crippen LogP contribution in [0.5, 0.6) is 5.19 Å². The second-order valence-electron chi connectivity index (χ2n) is 4.26. The number of tetrazole rings is 1. The maximum absolute atomic E-state index is 12.0. The third kappa shape index (κ3) is 2.47. The third-order valence-corrected chi connectivity index (χ3v) is 3.68. The first-order valence-electron chi connectivity index (χ1n) is 6.82. The summed E-state index contributed by atoms with van der Waals surface area (Å²) in [4.78, 5) is 16.0. The van der Waals surface area contributed by atoms with Crippen molar-refractivity contribution in [1.29, 1.82) is 0 Å². The zero-order valence-corrected chi connectivity index (χ0v) is 12.4. The first-order chi connectivity index (χ1) is 10.6. The monoisotopic (exact) mass is 308 g/mol. The molecule has 21 heavy (non-hydrogen) atoms. The van der Waals surface area contributed by atoms with Gasteiger partial charge in [-0.1, -0.05) is 11.3 Å². The molecule has 0 aliphatic rings. The van der Waals surface area contributed by atoms with Crippen LogP contribution in [0.4, 0.5) is 0 Å². The lowest BCUT2D eigenvalue weighted by atomic mass is 10.3. The van der Waals surface area contributed by atoms with E-state index in [1.165, 1.54) is 20.7 Å². The third-order valence-electron chi connectivity index (χ3n) is 3.05. The smallest absolute Gasteiger partial charge is 0.368 e. The Hall–Kier alpha value is -2.42. The van der Waals surface area contributed by atoms with Gasteiger partial charge < -0.3 is 9.30 Å². The summed E-state index contributed by atoms with van der Waals surface area (Å²) in [5.74, 6) is 0. The van der Waals surface area contributed by atoms with Crippen molar-refractivity contribution in [2.24, 2.45) is 7.05 Å². The summed E-state index contributed by atoms with van der Waals surface area (Å²) < 4.78 is 17.4. The normalized spacial score (nSPS) is 11.6. The van der Waals surface area contributed by atoms with Crippen LogP contribution in [0.2, 0.25) is 0 Å². The van der Waals surface area contributed by atoms with E-state index in [1.807, 2.05) is 17.7 Å². The highest BCUT2D eigenvalue weighted by atomic mass is 32.1. The van der Waals surface area contributed by atoms with Gasteiger partial charge in [0.2, 0.25) is 0 Å². The van der Waals surface area contributed by atoms with E-state index < -0.39 is 0 Å². The van der Waals surface area contributed by atoms with E-state index in [1.54, 1.807) is 18.5 Å². The van der Waals surface area contributed by atoms with Crippen molar-refractivity contribution in [2.75, 3.05) is 0 Å². The molecule has 3 heterocycles. The molecule has 3 aromatic heterocycles. The predicted octanol–water partition coefficient (Wildman–Crippen LogP) is 0.823. The van der Waals surface area contributed by atoms with E-state index in [4.69, 9.17) is 6.11 Å². The lowest BCUT2D eigenvalue weighted by Gasteiger charge is -2.09. The van der Waals surface area contributed by atoms with Crippen LogP contribution in [0.15, 0.2) is 28.6 Å². The van der Waals surface area contributed by atoms with E-state index in [-0.39, 0.29) is 18.5 Å². The van der Waals surface area contributed by atoms with Crippen LogP contribution in [0, 0.1) is 0 Å². The molecule has 9 heteroatoms. The summed E-state index contributed by atoms with van der Waals surface area (Å²) >= 11 is 1.26. The van der Waals surface area contributed by atoms with Gasteiger partial charge in [-0.25, -0.2) is 9.78 Å². The Morgan fingerprint density at radius 3 is 2.95 bits per heavy atom. The Labute approximate surface area is 125 Å². The number of thiazole rings is 1. The SMILES string of the molecule is [3H]c1csc(OCc2c(-n3nnn(C)c3=O)ccn2CC)n1. The van der Waals surface area contributed by atoms with Gasteiger partial charge >= 0.3 is 5.69 Å². The number of hydrogen-bond acceptors (Lipinski definition) is 6. The number of nitrogens with zero attached hydrogens (tertiary/aromatic N) is 6. The average molecular weight is 308 g/mol. The molecular formula is C12H14N6O2S. The van der Waals surface area contributed by atoms with Gasteiger partial charge in [0.1, 0.15) is 6.61 Å². The summed E-state index contributed by atoms with van der Waals surface area (Å²) in [6.07, 6.45) is 2.05. The zero-order valence-electron chi connectivity index (χ0n) is 12.6. The minimum atomic E-state index is -0.321. The van der Waals surface area contributed by atoms with E-state index in [0.717, 1.165) is 12.2 Å². The van der Waals surface area contributed by atoms with Crippen molar-refractivity contribution in [1.82, 2.24) is 29.3 Å². The molecule has 0 aromatic carbocycles. The quantitative estimate of drug-likeness (QED) is 0.697. The maximum Gasteiger partial charge on any atom is 0.368 e. The van der Waals surface area contributed by atoms with Gasteiger partial charge in [0, 0.05) is 31.3 Å². The largest absolute Gasteiger partial charge is 0.464 e. The fourth-order valence-corrected chi connectivity index (χ4v) is 2.42. The Morgan fingerprint density at radius 1 is 1.48 bits per heavy atom. The van der Waals surface area contributed by atoms with Crippen LogP contribution in [-0.2, 0) is 20.2 Å². The van der Waals surface area contributed by atoms with Crippen molar-refractivity contribution in [3.05, 3.63) is 40.0 Å². The van der Waals surface area contributed by atoms with Gasteiger partial charge in [0.05, 0.1) is 12.8 Å². The van der Waals surface area contributed by atoms with E-state index >= 15 is 0 Å². The highest BCUT2D eigenvalue weighted by molar-refractivity contribution is 7.11. The Kier molecular flexibility index (Phi) is 3.24. The van der Waals surface area contributed by atoms with Crippen molar-refractivity contribution < 1.29 is 6.11 Å². The molecule has 0 spiro atoms. The second-order valence-corrected chi connectivity index (χ2v) is 5.08. The Morgan fingerprint density at radius 2 is 2.33 bits per heavy atom. The summed E-state index contributed by atoms with van der Waals surface area (Å²) in [6, 6.07) is 1.80. The Balaban J connectivity index is 1.93. The molecule has 0 N–H and O–H groups in total. The van der Waals surface area contributed by atoms with Crippen LogP contribution >= 0.6 is 11.3 Å². The maximum atomic E-state index is 12.0. The molecule has 0 bridgehead atoms. The van der Waals surface area contributed by atoms with Gasteiger partial charge in [0.25, 0.3) is 5.19 Å². The van der Waals surface area contributed by atoms with Crippen LogP contribution in [0.25, 0.3) is 5.69 Å². The molecule has 0 saturated carbocycles. The van der Waals surface area contributed by atoms with Crippen LogP contribution in [0.1, 0.15) is 14.0 Å². The average Bonchev–Trinajstić information content (AvgIpc) is 3.18. The van der Waals surface area contributed by atoms with Crippen molar-refractivity contribution >= 4 is 11.3 Å². The molecule has 0 unspecified atom stereocenters. The number of ether oxygens (including phenoxy) is 1. The molecular weight excluding hydrogens is 292 g/mol. The molecule has 3 aromatic rings. The highest BCUT2D eigenvalue weighted by Crippen LogP contribution is 2.19. The molecule has 8 nitrogen and oxygen atoms in total. The second kappa shape index (κ2) is 5.52. The van der Waals surface area contributed by atoms with Crippen LogP contribution in [-0.4, -0.2) is 29.3 Å². The molecule has 0 atom stereocenters. The molecule has 0 amide bonds. The number of aromatic nitrogens is 6. The van der Waals surface area contributed by atoms with Crippen molar-refractivity contribution in [3.8, 4) is 10.9 Å². The summed E-state index contributed by atoms with van der Waals surface area (Å²) in [7, 11) is 1.55. The summed E-state index contributed by atoms with van der Waals surface area (Å²) in [6.45, 7) is 2.96. The topological polar surface area (TPSA) is 79.8 Å². The molecule has 0 aliphatic carbocycles. The summed E-state index contributed by atoms with van der Waals surface area (Å²) in [5, 5.41) is 9.60. The van der Waals surface area contributed by atoms with E-state index in [2.05, 4.69) is 15.4 Å². The van der Waals surface area contributed by atoms with Gasteiger partial charge in [-0.2, -0.15) is 9.36 Å². The minimum absolute atomic E-state index is 0.177.